The summed E-state index contributed by atoms with van der Waals surface area (Å²) in [5.74, 6) is 0. The molecule has 0 atom stereocenters. The number of nitrogens with two attached hydrogens (primary N) is 1. The maximum atomic E-state index is 5.00. The lowest BCUT2D eigenvalue weighted by Crippen LogP contribution is -1.83. The van der Waals surface area contributed by atoms with Crippen LogP contribution in [0.2, 0.25) is 6.32 Å². The Hall–Kier alpha value is 0.375. The van der Waals surface area contributed by atoms with Crippen LogP contribution in [0.1, 0.15) is 6.92 Å². The lowest BCUT2D eigenvalue weighted by Gasteiger charge is -1.76. The topological polar surface area (TPSA) is 26.0 Å². The third-order valence-corrected chi connectivity index (χ3v) is 0.789. The van der Waals surface area contributed by atoms with Crippen molar-refractivity contribution in [3.8, 4) is 0 Å². The van der Waals surface area contributed by atoms with Crippen LogP contribution in [0.3, 0.4) is 0 Å². The van der Waals surface area contributed by atoms with E-state index in [2.05, 4.69) is 6.92 Å². The third-order valence-electron chi connectivity index (χ3n) is 0.263. The van der Waals surface area contributed by atoms with Crippen LogP contribution < -0.4 is 5.14 Å². The molecule has 1 radical (unpaired) electrons. The Labute approximate surface area is 37.6 Å². The van der Waals surface area contributed by atoms with Crippen molar-refractivity contribution < 1.29 is 0 Å². The standard InChI is InChI=1S/C2H7BNS/c1-2-3-5-4/h2,4H2,1H3. The van der Waals surface area contributed by atoms with Gasteiger partial charge >= 0.3 is 0 Å². The van der Waals surface area contributed by atoms with Crippen LogP contribution in [-0.4, -0.2) is 6.56 Å². The Kier molecular flexibility index (Phi) is 4.70. The van der Waals surface area contributed by atoms with Gasteiger partial charge in [-0.2, -0.15) is 0 Å². The molecule has 0 saturated heterocycles. The lowest BCUT2D eigenvalue weighted by atomic mass is 10.1. The summed E-state index contributed by atoms with van der Waals surface area (Å²) < 4.78 is 0. The van der Waals surface area contributed by atoms with Crippen molar-refractivity contribution >= 4 is 18.4 Å². The first-order valence-electron chi connectivity index (χ1n) is 1.59. The summed E-state index contributed by atoms with van der Waals surface area (Å²) in [5, 5.41) is 5.00. The van der Waals surface area contributed by atoms with Gasteiger partial charge in [-0.05, 0) is 0 Å². The Balaban J connectivity index is 2.19. The third kappa shape index (κ3) is 4.37. The molecule has 2 N–H and O–H groups in total. The first-order chi connectivity index (χ1) is 2.41. The summed E-state index contributed by atoms with van der Waals surface area (Å²) in [5.41, 5.74) is 0. The van der Waals surface area contributed by atoms with Gasteiger partial charge in [-0.3, -0.25) is 5.14 Å². The van der Waals surface area contributed by atoms with Crippen LogP contribution in [0.25, 0.3) is 0 Å². The summed E-state index contributed by atoms with van der Waals surface area (Å²) in [7, 11) is 0. The minimum atomic E-state index is 1.06. The van der Waals surface area contributed by atoms with Crippen molar-refractivity contribution in [1.82, 2.24) is 0 Å². The van der Waals surface area contributed by atoms with Gasteiger partial charge in [-0.15, -0.1) is 11.8 Å². The fourth-order valence-electron chi connectivity index (χ4n) is 0.0962. The smallest absolute Gasteiger partial charge is 0.212 e. The minimum absolute atomic E-state index is 1.06. The fourth-order valence-corrected chi connectivity index (χ4v) is 0.289. The second-order valence-electron chi connectivity index (χ2n) is 0.711. The normalized spacial score (nSPS) is 7.60. The molecule has 29 valence electrons. The first kappa shape index (κ1) is 5.37. The molecule has 0 amide bonds. The molecule has 0 rings (SSSR count). The maximum absolute atomic E-state index is 5.00. The fraction of sp³-hybridized carbons (Fsp3) is 1.00. The molecule has 0 bridgehead atoms. The van der Waals surface area contributed by atoms with Crippen LogP contribution in [0.4, 0.5) is 0 Å². The minimum Gasteiger partial charge on any atom is -0.288 e. The lowest BCUT2D eigenvalue weighted by molar-refractivity contribution is 1.48. The van der Waals surface area contributed by atoms with Crippen LogP contribution in [0, 0.1) is 0 Å². The number of rotatable bonds is 2. The zero-order valence-electron chi connectivity index (χ0n) is 3.27. The van der Waals surface area contributed by atoms with Gasteiger partial charge in [0.2, 0.25) is 6.56 Å². The zero-order chi connectivity index (χ0) is 4.12. The highest BCUT2D eigenvalue weighted by Gasteiger charge is 1.74. The summed E-state index contributed by atoms with van der Waals surface area (Å²) in [6, 6.07) is 0. The Morgan fingerprint density at radius 3 is 2.60 bits per heavy atom. The highest BCUT2D eigenvalue weighted by molar-refractivity contribution is 8.20. The zero-order valence-corrected chi connectivity index (χ0v) is 4.09. The largest absolute Gasteiger partial charge is 0.288 e. The second-order valence-corrected chi connectivity index (χ2v) is 1.32. The number of hydrogen-bond donors (Lipinski definition) is 1. The van der Waals surface area contributed by atoms with Gasteiger partial charge in [0.1, 0.15) is 0 Å². The molecule has 0 aliphatic heterocycles. The average molecular weight is 88.0 g/mol. The van der Waals surface area contributed by atoms with E-state index in [9.17, 15) is 0 Å². The van der Waals surface area contributed by atoms with Gasteiger partial charge in [-0.1, -0.05) is 13.2 Å². The predicted molar refractivity (Wildman–Crippen MR) is 28.0 cm³/mol. The predicted octanol–water partition coefficient (Wildman–Crippen LogP) is 0.651. The molecule has 0 aliphatic carbocycles. The molecule has 0 aliphatic rings. The molecule has 5 heavy (non-hydrogen) atoms. The van der Waals surface area contributed by atoms with Crippen LogP contribution in [0.5, 0.6) is 0 Å². The van der Waals surface area contributed by atoms with Gasteiger partial charge in [0, 0.05) is 0 Å². The van der Waals surface area contributed by atoms with E-state index in [4.69, 9.17) is 5.14 Å². The molecule has 0 aromatic heterocycles. The monoisotopic (exact) mass is 88.0 g/mol. The van der Waals surface area contributed by atoms with E-state index in [0.717, 1.165) is 6.32 Å². The Bertz CT molecular complexity index is 17.1. The van der Waals surface area contributed by atoms with E-state index >= 15 is 0 Å². The first-order valence-corrected chi connectivity index (χ1v) is 2.53. The highest BCUT2D eigenvalue weighted by Crippen LogP contribution is 1.82. The van der Waals surface area contributed by atoms with E-state index in [-0.39, 0.29) is 0 Å². The van der Waals surface area contributed by atoms with Crippen LogP contribution in [0.15, 0.2) is 0 Å². The Morgan fingerprint density at radius 2 is 2.60 bits per heavy atom. The van der Waals surface area contributed by atoms with Gasteiger partial charge in [0.15, 0.2) is 0 Å². The van der Waals surface area contributed by atoms with Crippen molar-refractivity contribution in [2.45, 2.75) is 13.2 Å². The second kappa shape index (κ2) is 4.37. The average Bonchev–Trinajstić information content (AvgIpc) is 1.41. The molecule has 0 fully saturated rings. The summed E-state index contributed by atoms with van der Waals surface area (Å²) >= 11 is 1.28. The van der Waals surface area contributed by atoms with Gasteiger partial charge in [0.05, 0.1) is 0 Å². The van der Waals surface area contributed by atoms with Crippen molar-refractivity contribution in [2.75, 3.05) is 0 Å². The van der Waals surface area contributed by atoms with Crippen molar-refractivity contribution in [3.63, 3.8) is 0 Å². The molecule has 3 heteroatoms. The van der Waals surface area contributed by atoms with E-state index in [1.54, 1.807) is 0 Å². The van der Waals surface area contributed by atoms with Crippen molar-refractivity contribution in [1.29, 1.82) is 0 Å². The number of hydrogen-bond acceptors (Lipinski definition) is 2. The van der Waals surface area contributed by atoms with Gasteiger partial charge in [-0.25, -0.2) is 0 Å². The quantitative estimate of drug-likeness (QED) is 0.396. The van der Waals surface area contributed by atoms with E-state index in [1.807, 2.05) is 6.56 Å². The molecule has 0 aromatic rings. The SMILES string of the molecule is CC[B]SN. The summed E-state index contributed by atoms with van der Waals surface area (Å²) in [6.45, 7) is 4.00. The summed E-state index contributed by atoms with van der Waals surface area (Å²) in [4.78, 5) is 0. The van der Waals surface area contributed by atoms with Gasteiger partial charge in [0.25, 0.3) is 0 Å². The molecule has 1 nitrogen and oxygen atoms in total. The van der Waals surface area contributed by atoms with Gasteiger partial charge < -0.3 is 0 Å². The molecule has 0 unspecified atom stereocenters. The molecular formula is C2H7BNS. The van der Waals surface area contributed by atoms with Crippen molar-refractivity contribution in [2.24, 2.45) is 5.14 Å². The van der Waals surface area contributed by atoms with E-state index < -0.39 is 0 Å². The van der Waals surface area contributed by atoms with Crippen LogP contribution >= 0.6 is 11.8 Å². The molecule has 0 aromatic carbocycles. The van der Waals surface area contributed by atoms with E-state index in [1.165, 1.54) is 11.8 Å². The van der Waals surface area contributed by atoms with E-state index in [0.29, 0.717) is 0 Å². The molecular weight excluding hydrogens is 80.9 g/mol. The van der Waals surface area contributed by atoms with Crippen LogP contribution in [-0.2, 0) is 0 Å². The molecule has 0 saturated carbocycles. The highest BCUT2D eigenvalue weighted by atomic mass is 32.2. The summed E-state index contributed by atoms with van der Waals surface area (Å²) in [6.07, 6.45) is 1.06. The molecule has 0 heterocycles. The van der Waals surface area contributed by atoms with Crippen molar-refractivity contribution in [3.05, 3.63) is 0 Å². The maximum Gasteiger partial charge on any atom is 0.212 e. The molecule has 0 spiro atoms. The Morgan fingerprint density at radius 1 is 2.00 bits per heavy atom.